The van der Waals surface area contributed by atoms with Crippen molar-refractivity contribution in [1.82, 2.24) is 0 Å². The third-order valence-corrected chi connectivity index (χ3v) is 2.33. The largest absolute Gasteiger partial charge is 0.505 e. The highest BCUT2D eigenvalue weighted by Crippen LogP contribution is 2.08. The van der Waals surface area contributed by atoms with Gasteiger partial charge in [0.25, 0.3) is 0 Å². The molecule has 18 heavy (non-hydrogen) atoms. The van der Waals surface area contributed by atoms with Crippen LogP contribution in [-0.4, -0.2) is 57.5 Å². The van der Waals surface area contributed by atoms with E-state index in [9.17, 15) is 4.79 Å². The van der Waals surface area contributed by atoms with Crippen LogP contribution in [0.2, 0.25) is 0 Å². The lowest BCUT2D eigenvalue weighted by Crippen LogP contribution is -2.19. The van der Waals surface area contributed by atoms with Crippen molar-refractivity contribution in [2.24, 2.45) is 0 Å². The molecule has 0 rings (SSSR count). The molecular formula is C12H24O6. The van der Waals surface area contributed by atoms with Gasteiger partial charge in [-0.1, -0.05) is 0 Å². The molecule has 6 nitrogen and oxygen atoms in total. The molecule has 0 saturated heterocycles. The second kappa shape index (κ2) is 12.6. The summed E-state index contributed by atoms with van der Waals surface area (Å²) >= 11 is 0. The summed E-state index contributed by atoms with van der Waals surface area (Å²) in [5, 5.41) is 8.33. The molecule has 0 heterocycles. The molecule has 1 atom stereocenters. The predicted octanol–water partition coefficient (Wildman–Crippen LogP) is 1.92. The Bertz CT molecular complexity index is 197. The lowest BCUT2D eigenvalue weighted by molar-refractivity contribution is -0.0124. The quantitative estimate of drug-likeness (QED) is 0.429. The molecule has 0 aliphatic heterocycles. The summed E-state index contributed by atoms with van der Waals surface area (Å²) in [6.45, 7) is 4.56. The van der Waals surface area contributed by atoms with Crippen molar-refractivity contribution < 1.29 is 28.8 Å². The topological polar surface area (TPSA) is 74.2 Å². The fraction of sp³-hybridized carbons (Fsp3) is 0.917. The van der Waals surface area contributed by atoms with Gasteiger partial charge in [-0.05, 0) is 26.2 Å². The molecule has 6 heteroatoms. The fourth-order valence-electron chi connectivity index (χ4n) is 1.45. The van der Waals surface area contributed by atoms with Gasteiger partial charge in [0.15, 0.2) is 0 Å². The van der Waals surface area contributed by atoms with Gasteiger partial charge >= 0.3 is 6.16 Å². The lowest BCUT2D eigenvalue weighted by Gasteiger charge is -2.17. The van der Waals surface area contributed by atoms with Crippen molar-refractivity contribution in [2.45, 2.75) is 32.3 Å². The summed E-state index contributed by atoms with van der Waals surface area (Å²) in [6, 6.07) is 0. The number of rotatable bonds is 12. The first-order valence-corrected chi connectivity index (χ1v) is 6.24. The number of hydrogen-bond acceptors (Lipinski definition) is 5. The average Bonchev–Trinajstić information content (AvgIpc) is 2.35. The van der Waals surface area contributed by atoms with Crippen LogP contribution in [0.1, 0.15) is 26.2 Å². The lowest BCUT2D eigenvalue weighted by atomic mass is 10.1. The molecule has 0 aromatic carbocycles. The summed E-state index contributed by atoms with van der Waals surface area (Å²) in [7, 11) is 1.64. The molecule has 1 N–H and O–H groups in total. The molecule has 0 aliphatic carbocycles. The van der Waals surface area contributed by atoms with E-state index < -0.39 is 6.16 Å². The predicted molar refractivity (Wildman–Crippen MR) is 65.9 cm³/mol. The van der Waals surface area contributed by atoms with Crippen molar-refractivity contribution in [1.29, 1.82) is 0 Å². The highest BCUT2D eigenvalue weighted by molar-refractivity contribution is 5.56. The monoisotopic (exact) mass is 264 g/mol. The first-order valence-electron chi connectivity index (χ1n) is 6.24. The molecular weight excluding hydrogens is 240 g/mol. The van der Waals surface area contributed by atoms with Crippen molar-refractivity contribution in [2.75, 3.05) is 40.1 Å². The van der Waals surface area contributed by atoms with Crippen LogP contribution in [0.15, 0.2) is 0 Å². The molecule has 0 aliphatic rings. The first-order chi connectivity index (χ1) is 8.70. The molecule has 0 aromatic rings. The molecule has 0 bridgehead atoms. The summed E-state index contributed by atoms with van der Waals surface area (Å²) in [4.78, 5) is 10.2. The van der Waals surface area contributed by atoms with Crippen LogP contribution in [0.4, 0.5) is 4.79 Å². The van der Waals surface area contributed by atoms with Crippen molar-refractivity contribution >= 4 is 6.16 Å². The maximum absolute atomic E-state index is 10.2. The van der Waals surface area contributed by atoms with E-state index in [1.807, 2.05) is 6.92 Å². The van der Waals surface area contributed by atoms with Crippen molar-refractivity contribution in [3.05, 3.63) is 0 Å². The van der Waals surface area contributed by atoms with Crippen molar-refractivity contribution in [3.63, 3.8) is 0 Å². The van der Waals surface area contributed by atoms with Gasteiger partial charge in [-0.25, -0.2) is 4.79 Å². The van der Waals surface area contributed by atoms with E-state index in [4.69, 9.17) is 19.3 Å². The number of methoxy groups -OCH3 is 1. The molecule has 0 radical (unpaired) electrons. The van der Waals surface area contributed by atoms with E-state index in [0.717, 1.165) is 12.8 Å². The standard InChI is InChI=1S/C12H24O6/c1-3-16-9-10-17-11(6-8-15-2)5-4-7-18-12(13)14/h11H,3-10H2,1-2H3,(H,13,14). The van der Waals surface area contributed by atoms with Crippen LogP contribution in [0, 0.1) is 0 Å². The second-order valence-corrected chi connectivity index (χ2v) is 3.73. The number of carbonyl (C=O) groups is 1. The van der Waals surface area contributed by atoms with Gasteiger partial charge in [-0.2, -0.15) is 0 Å². The SMILES string of the molecule is CCOCCOC(CCCOC(=O)O)CCOC. The normalized spacial score (nSPS) is 12.3. The third-order valence-electron chi connectivity index (χ3n) is 2.33. The van der Waals surface area contributed by atoms with Crippen molar-refractivity contribution in [3.8, 4) is 0 Å². The Morgan fingerprint density at radius 3 is 2.56 bits per heavy atom. The molecule has 1 unspecified atom stereocenters. The zero-order valence-corrected chi connectivity index (χ0v) is 11.2. The highest BCUT2D eigenvalue weighted by Gasteiger charge is 2.09. The minimum absolute atomic E-state index is 0.0581. The van der Waals surface area contributed by atoms with Gasteiger partial charge < -0.3 is 24.1 Å². The molecule has 0 fully saturated rings. The van der Waals surface area contributed by atoms with E-state index in [2.05, 4.69) is 4.74 Å². The minimum Gasteiger partial charge on any atom is -0.450 e. The molecule has 0 aromatic heterocycles. The molecule has 0 spiro atoms. The molecule has 108 valence electrons. The van der Waals surface area contributed by atoms with Crippen LogP contribution < -0.4 is 0 Å². The zero-order chi connectivity index (χ0) is 13.6. The second-order valence-electron chi connectivity index (χ2n) is 3.73. The summed E-state index contributed by atoms with van der Waals surface area (Å²) < 4.78 is 20.3. The Balaban J connectivity index is 3.65. The highest BCUT2D eigenvalue weighted by atomic mass is 16.7. The van der Waals surface area contributed by atoms with Gasteiger partial charge in [0.05, 0.1) is 25.9 Å². The minimum atomic E-state index is -1.24. The van der Waals surface area contributed by atoms with E-state index >= 15 is 0 Å². The fourth-order valence-corrected chi connectivity index (χ4v) is 1.45. The average molecular weight is 264 g/mol. The van der Waals surface area contributed by atoms with Crippen LogP contribution >= 0.6 is 0 Å². The number of ether oxygens (including phenoxy) is 4. The van der Waals surface area contributed by atoms with Gasteiger partial charge in [-0.3, -0.25) is 0 Å². The smallest absolute Gasteiger partial charge is 0.450 e. The maximum Gasteiger partial charge on any atom is 0.505 e. The van der Waals surface area contributed by atoms with E-state index in [-0.39, 0.29) is 12.7 Å². The summed E-state index contributed by atoms with van der Waals surface area (Å²) in [5.74, 6) is 0. The molecule has 0 amide bonds. The van der Waals surface area contributed by atoms with Gasteiger partial charge in [0.1, 0.15) is 0 Å². The Hall–Kier alpha value is -0.850. The maximum atomic E-state index is 10.2. The van der Waals surface area contributed by atoms with Crippen LogP contribution in [-0.2, 0) is 18.9 Å². The Morgan fingerprint density at radius 1 is 1.17 bits per heavy atom. The van der Waals surface area contributed by atoms with Gasteiger partial charge in [0, 0.05) is 20.3 Å². The summed E-state index contributed by atoms with van der Waals surface area (Å²) in [5.41, 5.74) is 0. The first kappa shape index (κ1) is 17.2. The van der Waals surface area contributed by atoms with Gasteiger partial charge in [0.2, 0.25) is 0 Å². The van der Waals surface area contributed by atoms with Gasteiger partial charge in [-0.15, -0.1) is 0 Å². The third kappa shape index (κ3) is 11.6. The van der Waals surface area contributed by atoms with Crippen LogP contribution in [0.25, 0.3) is 0 Å². The number of carboxylic acid groups (broad SMARTS) is 1. The van der Waals surface area contributed by atoms with E-state index in [1.54, 1.807) is 7.11 Å². The van der Waals surface area contributed by atoms with E-state index in [1.165, 1.54) is 0 Å². The van der Waals surface area contributed by atoms with E-state index in [0.29, 0.717) is 32.8 Å². The zero-order valence-electron chi connectivity index (χ0n) is 11.2. The van der Waals surface area contributed by atoms with Crippen LogP contribution in [0.5, 0.6) is 0 Å². The summed E-state index contributed by atoms with van der Waals surface area (Å²) in [6.07, 6.45) is 1.01. The Labute approximate surface area is 108 Å². The van der Waals surface area contributed by atoms with Crippen LogP contribution in [0.3, 0.4) is 0 Å². The molecule has 0 saturated carbocycles. The number of hydrogen-bond donors (Lipinski definition) is 1. The Kier molecular flexibility index (Phi) is 12.0. The Morgan fingerprint density at radius 2 is 1.94 bits per heavy atom.